The second-order valence-corrected chi connectivity index (χ2v) is 8.99. The Balaban J connectivity index is 0.000000580. The number of carbonyl (C=O) groups is 3. The van der Waals surface area contributed by atoms with E-state index in [1.54, 1.807) is 29.2 Å². The summed E-state index contributed by atoms with van der Waals surface area (Å²) in [6.07, 6.45) is 7.63. The van der Waals surface area contributed by atoms with Gasteiger partial charge in [0.1, 0.15) is 12.0 Å². The Labute approximate surface area is 213 Å². The van der Waals surface area contributed by atoms with Crippen molar-refractivity contribution in [2.24, 2.45) is 5.92 Å². The van der Waals surface area contributed by atoms with Crippen LogP contribution in [0.25, 0.3) is 27.8 Å². The van der Waals surface area contributed by atoms with Crippen LogP contribution in [0, 0.1) is 11.7 Å². The number of aromatic amines is 1. The summed E-state index contributed by atoms with van der Waals surface area (Å²) in [5.74, 6) is -0.948. The van der Waals surface area contributed by atoms with E-state index in [9.17, 15) is 9.18 Å². The number of halogens is 2. The zero-order valence-corrected chi connectivity index (χ0v) is 20.8. The highest BCUT2D eigenvalue weighted by Crippen LogP contribution is 2.42. The highest BCUT2D eigenvalue weighted by atomic mass is 32.2. The van der Waals surface area contributed by atoms with Crippen molar-refractivity contribution in [2.45, 2.75) is 37.3 Å². The molecule has 1 saturated carbocycles. The third-order valence-corrected chi connectivity index (χ3v) is 6.31. The minimum Gasteiger partial charge on any atom is -0.483 e. The summed E-state index contributed by atoms with van der Waals surface area (Å²) >= 11 is 1.32. The molecule has 4 N–H and O–H groups in total. The third kappa shape index (κ3) is 5.69. The number of alkyl halides is 1. The van der Waals surface area contributed by atoms with Gasteiger partial charge in [0.25, 0.3) is 12.9 Å². The van der Waals surface area contributed by atoms with Crippen molar-refractivity contribution >= 4 is 53.0 Å². The van der Waals surface area contributed by atoms with Crippen LogP contribution in [0.5, 0.6) is 0 Å². The zero-order chi connectivity index (χ0) is 27.3. The van der Waals surface area contributed by atoms with E-state index in [0.29, 0.717) is 38.7 Å². The fourth-order valence-corrected chi connectivity index (χ4v) is 4.58. The first kappa shape index (κ1) is 27.5. The van der Waals surface area contributed by atoms with Crippen molar-refractivity contribution < 1.29 is 33.4 Å². The van der Waals surface area contributed by atoms with Gasteiger partial charge >= 0.3 is 0 Å². The summed E-state index contributed by atoms with van der Waals surface area (Å²) in [6.45, 7) is 3.39. The molecule has 1 aromatic carbocycles. The summed E-state index contributed by atoms with van der Waals surface area (Å²) in [7, 11) is 0. The molecular weight excluding hydrogens is 510 g/mol. The van der Waals surface area contributed by atoms with E-state index in [-0.39, 0.29) is 37.0 Å². The van der Waals surface area contributed by atoms with E-state index < -0.39 is 12.1 Å². The molecule has 0 aliphatic heterocycles. The molecule has 37 heavy (non-hydrogen) atoms. The number of aromatic nitrogens is 5. The molecule has 3 heterocycles. The molecular formula is C23H24F2N6O5S. The van der Waals surface area contributed by atoms with Crippen molar-refractivity contribution in [1.82, 2.24) is 24.6 Å². The molecule has 0 radical (unpaired) electrons. The number of carbonyl (C=O) groups excluding carboxylic acids is 1. The Morgan fingerprint density at radius 1 is 1.27 bits per heavy atom. The molecule has 0 saturated heterocycles. The lowest BCUT2D eigenvalue weighted by atomic mass is 9.96. The molecule has 4 aromatic rings. The normalized spacial score (nSPS) is 15.9. The lowest BCUT2D eigenvalue weighted by Crippen LogP contribution is -2.15. The number of nitrogens with one attached hydrogen (secondary N) is 2. The Bertz CT molecular complexity index is 1430. The maximum Gasteiger partial charge on any atom is 0.290 e. The van der Waals surface area contributed by atoms with Crippen LogP contribution in [0.1, 0.15) is 31.7 Å². The van der Waals surface area contributed by atoms with Gasteiger partial charge in [0.15, 0.2) is 11.5 Å². The van der Waals surface area contributed by atoms with Gasteiger partial charge in [-0.05, 0) is 18.6 Å². The fourth-order valence-electron chi connectivity index (χ4n) is 3.88. The van der Waals surface area contributed by atoms with Crippen LogP contribution in [-0.2, 0) is 14.4 Å². The summed E-state index contributed by atoms with van der Waals surface area (Å²) in [6, 6.07) is 0. The maximum absolute atomic E-state index is 15.5. The van der Waals surface area contributed by atoms with Gasteiger partial charge in [0.2, 0.25) is 5.91 Å². The van der Waals surface area contributed by atoms with Crippen LogP contribution in [0.15, 0.2) is 29.7 Å². The van der Waals surface area contributed by atoms with Crippen LogP contribution >= 0.6 is 11.8 Å². The number of rotatable bonds is 5. The molecule has 11 nitrogen and oxygen atoms in total. The lowest BCUT2D eigenvalue weighted by molar-refractivity contribution is -0.123. The molecule has 0 unspecified atom stereocenters. The van der Waals surface area contributed by atoms with E-state index in [1.165, 1.54) is 11.8 Å². The molecule has 2 atom stereocenters. The quantitative estimate of drug-likeness (QED) is 0.219. The molecule has 196 valence electrons. The smallest absolute Gasteiger partial charge is 0.290 e. The molecule has 1 aliphatic rings. The molecule has 1 fully saturated rings. The highest BCUT2D eigenvalue weighted by molar-refractivity contribution is 7.98. The van der Waals surface area contributed by atoms with Crippen LogP contribution < -0.4 is 5.32 Å². The maximum atomic E-state index is 15.5. The summed E-state index contributed by atoms with van der Waals surface area (Å²) in [4.78, 5) is 38.1. The number of anilines is 1. The van der Waals surface area contributed by atoms with Gasteiger partial charge < -0.3 is 19.9 Å². The molecule has 3 aromatic heterocycles. The highest BCUT2D eigenvalue weighted by Gasteiger charge is 2.43. The van der Waals surface area contributed by atoms with Crippen LogP contribution in [0.2, 0.25) is 0 Å². The van der Waals surface area contributed by atoms with Crippen molar-refractivity contribution in [3.8, 4) is 11.3 Å². The summed E-state index contributed by atoms with van der Waals surface area (Å²) in [5, 5.41) is 24.3. The van der Waals surface area contributed by atoms with E-state index in [1.807, 2.05) is 20.1 Å². The molecule has 1 amide bonds. The van der Waals surface area contributed by atoms with Gasteiger partial charge in [-0.1, -0.05) is 13.8 Å². The van der Waals surface area contributed by atoms with Crippen molar-refractivity contribution in [1.29, 1.82) is 0 Å². The first-order valence-corrected chi connectivity index (χ1v) is 12.1. The third-order valence-electron chi connectivity index (χ3n) is 5.52. The molecule has 14 heteroatoms. The number of amides is 1. The summed E-state index contributed by atoms with van der Waals surface area (Å²) in [5.41, 5.74) is 2.97. The number of carboxylic acid groups (broad SMARTS) is 2. The van der Waals surface area contributed by atoms with Gasteiger partial charge in [-0.25, -0.2) is 13.8 Å². The topological polar surface area (TPSA) is 163 Å². The van der Waals surface area contributed by atoms with Crippen LogP contribution in [0.4, 0.5) is 14.6 Å². The van der Waals surface area contributed by atoms with Gasteiger partial charge in [-0.2, -0.15) is 5.10 Å². The van der Waals surface area contributed by atoms with Gasteiger partial charge in [-0.3, -0.25) is 24.5 Å². The Kier molecular flexibility index (Phi) is 8.76. The number of hydrogen-bond donors (Lipinski definition) is 4. The predicted molar refractivity (Wildman–Crippen MR) is 133 cm³/mol. The number of imidazole rings is 1. The van der Waals surface area contributed by atoms with Gasteiger partial charge in [0, 0.05) is 22.7 Å². The number of H-pyrrole nitrogens is 1. The Morgan fingerprint density at radius 3 is 2.49 bits per heavy atom. The first-order chi connectivity index (χ1) is 17.7. The fraction of sp³-hybridized carbons (Fsp3) is 0.304. The van der Waals surface area contributed by atoms with E-state index in [0.717, 1.165) is 5.39 Å². The number of nitrogens with zero attached hydrogens (tertiary/aromatic N) is 4. The van der Waals surface area contributed by atoms with Crippen LogP contribution in [-0.4, -0.2) is 66.1 Å². The monoisotopic (exact) mass is 534 g/mol. The predicted octanol–water partition coefficient (Wildman–Crippen LogP) is 3.96. The average molecular weight is 535 g/mol. The van der Waals surface area contributed by atoms with E-state index >= 15 is 4.39 Å². The second-order valence-electron chi connectivity index (χ2n) is 8.17. The molecule has 1 aliphatic carbocycles. The SMILES string of the molecule is CSc1c(F)c(C(C)C)c2[nH]ncc2c1-c1cn2cc(NC(=O)[C@@H]3C[C@@H]3F)nc2cn1.O=CO.O=CO. The lowest BCUT2D eigenvalue weighted by Gasteiger charge is -2.16. The average Bonchev–Trinajstić information content (AvgIpc) is 3.21. The zero-order valence-electron chi connectivity index (χ0n) is 20.0. The second kappa shape index (κ2) is 11.8. The Morgan fingerprint density at radius 2 is 1.92 bits per heavy atom. The van der Waals surface area contributed by atoms with E-state index in [4.69, 9.17) is 19.8 Å². The van der Waals surface area contributed by atoms with Gasteiger partial charge in [-0.15, -0.1) is 11.8 Å². The van der Waals surface area contributed by atoms with Crippen LogP contribution in [0.3, 0.4) is 0 Å². The minimum absolute atomic E-state index is 0.0199. The molecule has 5 rings (SSSR count). The van der Waals surface area contributed by atoms with Gasteiger partial charge in [0.05, 0.1) is 40.6 Å². The minimum atomic E-state index is -1.07. The molecule has 0 bridgehead atoms. The number of thioether (sulfide) groups is 1. The van der Waals surface area contributed by atoms with Crippen molar-refractivity contribution in [3.05, 3.63) is 36.2 Å². The Hall–Kier alpha value is -4.07. The van der Waals surface area contributed by atoms with Crippen molar-refractivity contribution in [3.63, 3.8) is 0 Å². The standard InChI is InChI=1S/C21H20F2N6OS.2CH2O2/c1-9(2)16-18(23)20(31-3)17(11-5-25-28-19(11)16)13-7-29-8-14(26-15(29)6-24-13)27-21(30)10-4-12(10)22;2*2-1-3/h5-10,12H,4H2,1-3H3,(H,25,28)(H,27,30);2*1H,(H,2,3)/t10-,12+;;/m1../s1. The largest absolute Gasteiger partial charge is 0.483 e. The number of benzene rings is 1. The molecule has 0 spiro atoms. The van der Waals surface area contributed by atoms with Crippen molar-refractivity contribution in [2.75, 3.05) is 11.6 Å². The first-order valence-electron chi connectivity index (χ1n) is 10.9. The van der Waals surface area contributed by atoms with E-state index in [2.05, 4.69) is 25.5 Å². The number of hydrogen-bond acceptors (Lipinski definition) is 7. The summed E-state index contributed by atoms with van der Waals surface area (Å²) < 4.78 is 30.3. The number of fused-ring (bicyclic) bond motifs is 2.